The highest BCUT2D eigenvalue weighted by Gasteiger charge is 2.27. The van der Waals surface area contributed by atoms with Crippen LogP contribution in [0.15, 0.2) is 40.8 Å². The van der Waals surface area contributed by atoms with Gasteiger partial charge in [-0.15, -0.1) is 6.58 Å². The van der Waals surface area contributed by atoms with Crippen LogP contribution in [0.2, 0.25) is 5.02 Å². The van der Waals surface area contributed by atoms with Gasteiger partial charge in [0.05, 0.1) is 16.2 Å². The maximum Gasteiger partial charge on any atom is 0.262 e. The Morgan fingerprint density at radius 3 is 2.48 bits per heavy atom. The minimum Gasteiger partial charge on any atom is -0.337 e. The summed E-state index contributed by atoms with van der Waals surface area (Å²) in [4.78, 5) is 32.3. The van der Waals surface area contributed by atoms with Gasteiger partial charge in [0.1, 0.15) is 0 Å². The van der Waals surface area contributed by atoms with Crippen molar-refractivity contribution in [1.29, 1.82) is 0 Å². The molecule has 2 aromatic rings. The normalized spacial score (nSPS) is 12.6. The highest BCUT2D eigenvalue weighted by molar-refractivity contribution is 8.00. The number of aromatic nitrogens is 2. The molecule has 0 saturated heterocycles. The zero-order valence-electron chi connectivity index (χ0n) is 16.4. The van der Waals surface area contributed by atoms with Gasteiger partial charge in [-0.25, -0.2) is 4.98 Å². The second kappa shape index (κ2) is 8.93. The molecule has 0 N–H and O–H groups in total. The Hall–Kier alpha value is -1.79. The lowest BCUT2D eigenvalue weighted by Gasteiger charge is -2.33. The first-order chi connectivity index (χ1) is 12.7. The van der Waals surface area contributed by atoms with Crippen molar-refractivity contribution in [3.63, 3.8) is 0 Å². The average Bonchev–Trinajstić information content (AvgIpc) is 2.58. The van der Waals surface area contributed by atoms with Gasteiger partial charge >= 0.3 is 0 Å². The van der Waals surface area contributed by atoms with Gasteiger partial charge in [-0.05, 0) is 52.8 Å². The zero-order valence-corrected chi connectivity index (χ0v) is 18.0. The van der Waals surface area contributed by atoms with Gasteiger partial charge in [0.15, 0.2) is 5.16 Å². The third kappa shape index (κ3) is 4.74. The van der Waals surface area contributed by atoms with Crippen molar-refractivity contribution < 1.29 is 4.79 Å². The molecular weight excluding hydrogens is 382 g/mol. The van der Waals surface area contributed by atoms with Crippen LogP contribution in [0, 0.1) is 0 Å². The summed E-state index contributed by atoms with van der Waals surface area (Å²) in [6.45, 7) is 13.9. The molecule has 1 aromatic carbocycles. The van der Waals surface area contributed by atoms with Crippen molar-refractivity contribution in [2.24, 2.45) is 0 Å². The quantitative estimate of drug-likeness (QED) is 0.388. The molecule has 5 nitrogen and oxygen atoms in total. The van der Waals surface area contributed by atoms with Crippen LogP contribution in [0.4, 0.5) is 0 Å². The van der Waals surface area contributed by atoms with E-state index in [-0.39, 0.29) is 28.8 Å². The summed E-state index contributed by atoms with van der Waals surface area (Å²) in [5.74, 6) is 0.0283. The molecule has 7 heteroatoms. The van der Waals surface area contributed by atoms with Gasteiger partial charge in [-0.3, -0.25) is 14.2 Å². The summed E-state index contributed by atoms with van der Waals surface area (Å²) in [5, 5.41) is 1.07. The second-order valence-corrected chi connectivity index (χ2v) is 8.70. The Labute approximate surface area is 169 Å². The van der Waals surface area contributed by atoms with Crippen LogP contribution in [0.25, 0.3) is 10.9 Å². The summed E-state index contributed by atoms with van der Waals surface area (Å²) < 4.78 is 1.54. The van der Waals surface area contributed by atoms with Crippen molar-refractivity contribution in [2.75, 3.05) is 0 Å². The third-order valence-electron chi connectivity index (χ3n) is 4.19. The molecule has 2 rings (SSSR count). The summed E-state index contributed by atoms with van der Waals surface area (Å²) in [5.41, 5.74) is 0.380. The van der Waals surface area contributed by atoms with Gasteiger partial charge < -0.3 is 4.90 Å². The summed E-state index contributed by atoms with van der Waals surface area (Å²) in [7, 11) is 0. The fourth-order valence-electron chi connectivity index (χ4n) is 3.08. The molecule has 0 saturated carbocycles. The molecule has 1 aromatic heterocycles. The van der Waals surface area contributed by atoms with Gasteiger partial charge in [-0.2, -0.15) is 0 Å². The predicted octanol–water partition coefficient (Wildman–Crippen LogP) is 4.36. The Bertz CT molecular complexity index is 900. The molecule has 0 unspecified atom stereocenters. The Morgan fingerprint density at radius 2 is 1.93 bits per heavy atom. The van der Waals surface area contributed by atoms with E-state index in [2.05, 4.69) is 11.6 Å². The van der Waals surface area contributed by atoms with Gasteiger partial charge in [0, 0.05) is 23.7 Å². The molecular formula is C20H26ClN3O2S. The predicted molar refractivity (Wildman–Crippen MR) is 114 cm³/mol. The van der Waals surface area contributed by atoms with Crippen LogP contribution in [-0.2, 0) is 11.3 Å². The lowest BCUT2D eigenvalue weighted by Crippen LogP contribution is -2.45. The van der Waals surface area contributed by atoms with E-state index in [0.717, 1.165) is 0 Å². The van der Waals surface area contributed by atoms with Gasteiger partial charge in [-0.1, -0.05) is 29.4 Å². The van der Waals surface area contributed by atoms with E-state index >= 15 is 0 Å². The van der Waals surface area contributed by atoms with Crippen LogP contribution >= 0.6 is 23.4 Å². The monoisotopic (exact) mass is 407 g/mol. The molecule has 0 fully saturated rings. The van der Waals surface area contributed by atoms with Crippen LogP contribution < -0.4 is 5.56 Å². The van der Waals surface area contributed by atoms with Crippen molar-refractivity contribution in [3.05, 3.63) is 46.2 Å². The summed E-state index contributed by atoms with van der Waals surface area (Å²) in [6.07, 6.45) is 1.64. The number of fused-ring (bicyclic) bond motifs is 1. The van der Waals surface area contributed by atoms with Crippen molar-refractivity contribution in [3.8, 4) is 0 Å². The maximum absolute atomic E-state index is 12.9. The Kier molecular flexibility index (Phi) is 7.12. The van der Waals surface area contributed by atoms with Gasteiger partial charge in [0.2, 0.25) is 5.91 Å². The molecule has 27 heavy (non-hydrogen) atoms. The number of benzene rings is 1. The first-order valence-electron chi connectivity index (χ1n) is 8.97. The van der Waals surface area contributed by atoms with Crippen LogP contribution in [0.5, 0.6) is 0 Å². The van der Waals surface area contributed by atoms with E-state index in [4.69, 9.17) is 11.6 Å². The highest BCUT2D eigenvalue weighted by atomic mass is 35.5. The minimum atomic E-state index is -0.373. The van der Waals surface area contributed by atoms with E-state index < -0.39 is 0 Å². The average molecular weight is 408 g/mol. The smallest absolute Gasteiger partial charge is 0.262 e. The molecule has 0 radical (unpaired) electrons. The number of amides is 1. The second-order valence-electron chi connectivity index (χ2n) is 6.95. The number of carbonyl (C=O) groups is 1. The van der Waals surface area contributed by atoms with Crippen molar-refractivity contribution >= 4 is 40.2 Å². The standard InChI is InChI=1S/C20H26ClN3O2S/c1-7-10-23-19(26)16-11-15(21)8-9-17(16)22-20(23)27-14(6)18(25)24(12(2)3)13(4)5/h7-9,11-14H,1,10H2,2-6H3/t14-/m1/s1. The van der Waals surface area contributed by atoms with E-state index in [9.17, 15) is 9.59 Å². The topological polar surface area (TPSA) is 55.2 Å². The number of thioether (sulfide) groups is 1. The maximum atomic E-state index is 12.9. The number of allylic oxidation sites excluding steroid dienone is 1. The molecule has 1 heterocycles. The Balaban J connectivity index is 2.46. The molecule has 1 amide bonds. The van der Waals surface area contributed by atoms with Crippen LogP contribution in [0.3, 0.4) is 0 Å². The molecule has 0 spiro atoms. The van der Waals surface area contributed by atoms with Crippen molar-refractivity contribution in [1.82, 2.24) is 14.5 Å². The van der Waals surface area contributed by atoms with Crippen molar-refractivity contribution in [2.45, 2.75) is 63.7 Å². The molecule has 0 aliphatic carbocycles. The largest absolute Gasteiger partial charge is 0.337 e. The molecule has 1 atom stereocenters. The fourth-order valence-corrected chi connectivity index (χ4v) is 4.22. The van der Waals surface area contributed by atoms with Gasteiger partial charge in [0.25, 0.3) is 5.56 Å². The lowest BCUT2D eigenvalue weighted by molar-refractivity contribution is -0.133. The number of hydrogen-bond donors (Lipinski definition) is 0. The van der Waals surface area contributed by atoms with E-state index in [1.807, 2.05) is 39.5 Å². The minimum absolute atomic E-state index is 0.0283. The molecule has 0 aliphatic rings. The highest BCUT2D eigenvalue weighted by Crippen LogP contribution is 2.26. The van der Waals surface area contributed by atoms with Crippen LogP contribution in [0.1, 0.15) is 34.6 Å². The summed E-state index contributed by atoms with van der Waals surface area (Å²) >= 11 is 7.32. The van der Waals surface area contributed by atoms with E-state index in [1.165, 1.54) is 16.3 Å². The summed E-state index contributed by atoms with van der Waals surface area (Å²) in [6, 6.07) is 5.25. The van der Waals surface area contributed by atoms with E-state index in [0.29, 0.717) is 27.6 Å². The molecule has 0 bridgehead atoms. The fraction of sp³-hybridized carbons (Fsp3) is 0.450. The van der Waals surface area contributed by atoms with E-state index in [1.54, 1.807) is 24.3 Å². The first kappa shape index (κ1) is 21.5. The first-order valence-corrected chi connectivity index (χ1v) is 10.2. The third-order valence-corrected chi connectivity index (χ3v) is 5.50. The molecule has 0 aliphatic heterocycles. The number of rotatable bonds is 7. The Morgan fingerprint density at radius 1 is 1.30 bits per heavy atom. The van der Waals surface area contributed by atoms with Crippen LogP contribution in [-0.4, -0.2) is 37.7 Å². The molecule has 146 valence electrons. The SMILES string of the molecule is C=CCn1c(S[C@H](C)C(=O)N(C(C)C)C(C)C)nc2ccc(Cl)cc2c1=O. The number of carbonyl (C=O) groups excluding carboxylic acids is 1. The number of nitrogens with zero attached hydrogens (tertiary/aromatic N) is 3. The number of hydrogen-bond acceptors (Lipinski definition) is 4. The number of halogens is 1. The zero-order chi connectivity index (χ0) is 20.3. The lowest BCUT2D eigenvalue weighted by atomic mass is 10.2.